The van der Waals surface area contributed by atoms with Gasteiger partial charge in [-0.3, -0.25) is 14.4 Å². The summed E-state index contributed by atoms with van der Waals surface area (Å²) in [6.45, 7) is 7.47. The van der Waals surface area contributed by atoms with Crippen molar-refractivity contribution < 1.29 is 14.4 Å². The standard InChI is InChI=1S/C21H26N4O3/c1-14-2-6-18(20(27)23-14)25-13-16-12-15(3-5-17(16)21(25)28)4-7-19(26)24-10-8-22-9-11-24/h3,5,12,18,22H,1-2,4,6-11,13H2,(H,23,27). The third-order valence-electron chi connectivity index (χ3n) is 5.80. The number of fused-ring (bicyclic) bond motifs is 1. The molecule has 0 aliphatic carbocycles. The zero-order valence-electron chi connectivity index (χ0n) is 16.0. The molecule has 0 radical (unpaired) electrons. The number of hydrogen-bond acceptors (Lipinski definition) is 4. The Morgan fingerprint density at radius 2 is 2.00 bits per heavy atom. The van der Waals surface area contributed by atoms with Crippen LogP contribution in [-0.4, -0.2) is 59.7 Å². The van der Waals surface area contributed by atoms with Crippen molar-refractivity contribution >= 4 is 17.7 Å². The van der Waals surface area contributed by atoms with Crippen LogP contribution in [0.2, 0.25) is 0 Å². The third kappa shape index (κ3) is 3.67. The zero-order valence-corrected chi connectivity index (χ0v) is 16.0. The predicted molar refractivity (Wildman–Crippen MR) is 104 cm³/mol. The summed E-state index contributed by atoms with van der Waals surface area (Å²) in [6.07, 6.45) is 2.43. The summed E-state index contributed by atoms with van der Waals surface area (Å²) in [7, 11) is 0. The molecule has 3 aliphatic rings. The van der Waals surface area contributed by atoms with Crippen molar-refractivity contribution in [1.82, 2.24) is 20.4 Å². The summed E-state index contributed by atoms with van der Waals surface area (Å²) in [5, 5.41) is 6.00. The van der Waals surface area contributed by atoms with Crippen LogP contribution < -0.4 is 10.6 Å². The summed E-state index contributed by atoms with van der Waals surface area (Å²) in [5.41, 5.74) is 3.36. The summed E-state index contributed by atoms with van der Waals surface area (Å²) in [4.78, 5) is 41.0. The fourth-order valence-corrected chi connectivity index (χ4v) is 4.19. The quantitative estimate of drug-likeness (QED) is 0.807. The minimum atomic E-state index is -0.442. The SMILES string of the molecule is C=C1CCC(N2Cc3cc(CCC(=O)N4CCNCC4)ccc3C2=O)C(=O)N1. The molecule has 1 atom stereocenters. The molecule has 0 spiro atoms. The van der Waals surface area contributed by atoms with Gasteiger partial charge in [-0.1, -0.05) is 18.7 Å². The smallest absolute Gasteiger partial charge is 0.255 e. The molecule has 148 valence electrons. The highest BCUT2D eigenvalue weighted by molar-refractivity contribution is 6.01. The summed E-state index contributed by atoms with van der Waals surface area (Å²) < 4.78 is 0. The van der Waals surface area contributed by atoms with Gasteiger partial charge in [-0.2, -0.15) is 0 Å². The maximum Gasteiger partial charge on any atom is 0.255 e. The lowest BCUT2D eigenvalue weighted by Crippen LogP contribution is -2.49. The maximum absolute atomic E-state index is 12.8. The van der Waals surface area contributed by atoms with Gasteiger partial charge in [-0.05, 0) is 36.5 Å². The number of allylic oxidation sites excluding steroid dienone is 1. The number of benzene rings is 1. The monoisotopic (exact) mass is 382 g/mol. The van der Waals surface area contributed by atoms with E-state index in [-0.39, 0.29) is 17.7 Å². The van der Waals surface area contributed by atoms with Gasteiger partial charge in [0.05, 0.1) is 0 Å². The van der Waals surface area contributed by atoms with E-state index < -0.39 is 6.04 Å². The van der Waals surface area contributed by atoms with Crippen molar-refractivity contribution in [2.45, 2.75) is 38.3 Å². The van der Waals surface area contributed by atoms with Crippen molar-refractivity contribution in [3.8, 4) is 0 Å². The van der Waals surface area contributed by atoms with E-state index in [1.165, 1.54) is 0 Å². The molecule has 3 heterocycles. The average Bonchev–Trinajstić information content (AvgIpc) is 3.02. The molecule has 3 aliphatic heterocycles. The van der Waals surface area contributed by atoms with Gasteiger partial charge in [0.25, 0.3) is 5.91 Å². The number of aryl methyl sites for hydroxylation is 1. The largest absolute Gasteiger partial charge is 0.340 e. The Hall–Kier alpha value is -2.67. The van der Waals surface area contributed by atoms with E-state index in [1.807, 2.05) is 23.1 Å². The molecule has 7 heteroatoms. The fraction of sp³-hybridized carbons (Fsp3) is 0.476. The molecule has 1 unspecified atom stereocenters. The highest BCUT2D eigenvalue weighted by Gasteiger charge is 2.38. The molecule has 7 nitrogen and oxygen atoms in total. The molecule has 28 heavy (non-hydrogen) atoms. The Bertz CT molecular complexity index is 829. The molecule has 0 aromatic heterocycles. The molecule has 2 fully saturated rings. The minimum absolute atomic E-state index is 0.0916. The number of carbonyl (C=O) groups is 3. The van der Waals surface area contributed by atoms with Gasteiger partial charge < -0.3 is 20.4 Å². The summed E-state index contributed by atoms with van der Waals surface area (Å²) >= 11 is 0. The van der Waals surface area contributed by atoms with Gasteiger partial charge in [0.2, 0.25) is 11.8 Å². The fourth-order valence-electron chi connectivity index (χ4n) is 4.19. The van der Waals surface area contributed by atoms with Crippen LogP contribution in [0.25, 0.3) is 0 Å². The second-order valence-corrected chi connectivity index (χ2v) is 7.70. The normalized spacial score (nSPS) is 22.3. The maximum atomic E-state index is 12.8. The number of piperazine rings is 1. The van der Waals surface area contributed by atoms with E-state index in [0.717, 1.165) is 37.3 Å². The van der Waals surface area contributed by atoms with Crippen molar-refractivity contribution in [3.05, 3.63) is 47.2 Å². The van der Waals surface area contributed by atoms with Gasteiger partial charge in [0.15, 0.2) is 0 Å². The number of rotatable bonds is 4. The number of hydrogen-bond donors (Lipinski definition) is 2. The molecule has 2 saturated heterocycles. The first-order valence-corrected chi connectivity index (χ1v) is 9.93. The molecular formula is C21H26N4O3. The van der Waals surface area contributed by atoms with Crippen LogP contribution in [0.4, 0.5) is 0 Å². The van der Waals surface area contributed by atoms with Crippen LogP contribution >= 0.6 is 0 Å². The molecule has 1 aromatic rings. The topological polar surface area (TPSA) is 81.8 Å². The van der Waals surface area contributed by atoms with Crippen LogP contribution in [0.15, 0.2) is 30.5 Å². The number of nitrogens with zero attached hydrogens (tertiary/aromatic N) is 2. The number of piperidine rings is 1. The minimum Gasteiger partial charge on any atom is -0.340 e. The number of nitrogens with one attached hydrogen (secondary N) is 2. The van der Waals surface area contributed by atoms with Crippen molar-refractivity contribution in [3.63, 3.8) is 0 Å². The molecule has 4 rings (SSSR count). The van der Waals surface area contributed by atoms with Crippen LogP contribution in [-0.2, 0) is 22.6 Å². The first kappa shape index (κ1) is 18.7. The van der Waals surface area contributed by atoms with E-state index in [9.17, 15) is 14.4 Å². The van der Waals surface area contributed by atoms with Crippen LogP contribution in [0.5, 0.6) is 0 Å². The summed E-state index contributed by atoms with van der Waals surface area (Å²) in [5.74, 6) is -0.0656. The average molecular weight is 382 g/mol. The third-order valence-corrected chi connectivity index (χ3v) is 5.80. The van der Waals surface area contributed by atoms with Gasteiger partial charge in [0.1, 0.15) is 6.04 Å². The van der Waals surface area contributed by atoms with Crippen LogP contribution in [0, 0.1) is 0 Å². The van der Waals surface area contributed by atoms with E-state index in [4.69, 9.17) is 0 Å². The Kier molecular flexibility index (Phi) is 5.17. The molecule has 0 bridgehead atoms. The molecular weight excluding hydrogens is 356 g/mol. The second-order valence-electron chi connectivity index (χ2n) is 7.70. The Morgan fingerprint density at radius 1 is 1.21 bits per heavy atom. The van der Waals surface area contributed by atoms with Gasteiger partial charge in [-0.15, -0.1) is 0 Å². The van der Waals surface area contributed by atoms with E-state index in [0.29, 0.717) is 43.5 Å². The zero-order chi connectivity index (χ0) is 19.7. The number of carbonyl (C=O) groups excluding carboxylic acids is 3. The summed E-state index contributed by atoms with van der Waals surface area (Å²) in [6, 6.07) is 5.33. The van der Waals surface area contributed by atoms with Crippen LogP contribution in [0.1, 0.15) is 40.7 Å². The van der Waals surface area contributed by atoms with Gasteiger partial charge in [-0.25, -0.2) is 0 Å². The molecule has 1 aromatic carbocycles. The van der Waals surface area contributed by atoms with Crippen molar-refractivity contribution in [2.75, 3.05) is 26.2 Å². The molecule has 0 saturated carbocycles. The lowest BCUT2D eigenvalue weighted by atomic mass is 10.0. The molecule has 2 N–H and O–H groups in total. The van der Waals surface area contributed by atoms with Gasteiger partial charge >= 0.3 is 0 Å². The number of amides is 3. The van der Waals surface area contributed by atoms with Crippen molar-refractivity contribution in [2.24, 2.45) is 0 Å². The highest BCUT2D eigenvalue weighted by atomic mass is 16.2. The van der Waals surface area contributed by atoms with E-state index in [2.05, 4.69) is 17.2 Å². The first-order valence-electron chi connectivity index (χ1n) is 9.93. The Morgan fingerprint density at radius 3 is 2.75 bits per heavy atom. The Balaban J connectivity index is 1.40. The highest BCUT2D eigenvalue weighted by Crippen LogP contribution is 2.29. The lowest BCUT2D eigenvalue weighted by Gasteiger charge is -2.30. The van der Waals surface area contributed by atoms with Gasteiger partial charge in [0, 0.05) is 50.4 Å². The first-order chi connectivity index (χ1) is 13.5. The van der Waals surface area contributed by atoms with Crippen molar-refractivity contribution in [1.29, 1.82) is 0 Å². The lowest BCUT2D eigenvalue weighted by molar-refractivity contribution is -0.131. The molecule has 3 amide bonds. The van der Waals surface area contributed by atoms with Crippen LogP contribution in [0.3, 0.4) is 0 Å². The Labute approximate surface area is 164 Å². The second kappa shape index (κ2) is 7.75. The predicted octanol–water partition coefficient (Wildman–Crippen LogP) is 0.799. The van der Waals surface area contributed by atoms with E-state index in [1.54, 1.807) is 4.90 Å². The van der Waals surface area contributed by atoms with E-state index >= 15 is 0 Å².